The van der Waals surface area contributed by atoms with Gasteiger partial charge in [0.1, 0.15) is 5.78 Å². The van der Waals surface area contributed by atoms with E-state index in [0.29, 0.717) is 11.6 Å². The van der Waals surface area contributed by atoms with E-state index in [9.17, 15) is 9.59 Å². The zero-order valence-electron chi connectivity index (χ0n) is 19.3. The van der Waals surface area contributed by atoms with E-state index in [4.69, 9.17) is 4.98 Å². The number of amides is 1. The zero-order valence-corrected chi connectivity index (χ0v) is 20.1. The van der Waals surface area contributed by atoms with Gasteiger partial charge in [0.2, 0.25) is 5.91 Å². The van der Waals surface area contributed by atoms with Crippen LogP contribution in [0.25, 0.3) is 11.3 Å². The fourth-order valence-corrected chi connectivity index (χ4v) is 5.29. The van der Waals surface area contributed by atoms with E-state index in [2.05, 4.69) is 29.2 Å². The van der Waals surface area contributed by atoms with Gasteiger partial charge in [-0.2, -0.15) is 0 Å². The van der Waals surface area contributed by atoms with Gasteiger partial charge < -0.3 is 0 Å². The number of likely N-dealkylation sites (tertiary alicyclic amines) is 1. The highest BCUT2D eigenvalue weighted by molar-refractivity contribution is 7.14. The molecule has 172 valence electrons. The van der Waals surface area contributed by atoms with Gasteiger partial charge >= 0.3 is 0 Å². The van der Waals surface area contributed by atoms with E-state index in [-0.39, 0.29) is 17.7 Å². The molecule has 1 unspecified atom stereocenters. The average molecular weight is 462 g/mol. The molecule has 4 rings (SSSR count). The normalized spacial score (nSPS) is 15.8. The van der Waals surface area contributed by atoms with Crippen molar-refractivity contribution in [3.05, 3.63) is 71.6 Å². The Morgan fingerprint density at radius 3 is 2.33 bits per heavy atom. The van der Waals surface area contributed by atoms with Crippen molar-refractivity contribution < 1.29 is 9.59 Å². The minimum absolute atomic E-state index is 0.0219. The molecule has 5 nitrogen and oxygen atoms in total. The summed E-state index contributed by atoms with van der Waals surface area (Å²) in [7, 11) is 0. The van der Waals surface area contributed by atoms with Crippen molar-refractivity contribution in [2.45, 2.75) is 45.7 Å². The van der Waals surface area contributed by atoms with Crippen LogP contribution in [-0.2, 0) is 16.1 Å². The molecule has 0 N–H and O–H groups in total. The molecule has 0 spiro atoms. The summed E-state index contributed by atoms with van der Waals surface area (Å²) < 4.78 is 0. The van der Waals surface area contributed by atoms with Crippen LogP contribution in [0.1, 0.15) is 38.7 Å². The summed E-state index contributed by atoms with van der Waals surface area (Å²) in [6, 6.07) is 20.5. The molecule has 0 aliphatic carbocycles. The number of anilines is 1. The second kappa shape index (κ2) is 10.9. The quantitative estimate of drug-likeness (QED) is 0.420. The summed E-state index contributed by atoms with van der Waals surface area (Å²) in [5, 5.41) is 2.69. The summed E-state index contributed by atoms with van der Waals surface area (Å²) in [5.41, 5.74) is 3.20. The van der Waals surface area contributed by atoms with E-state index < -0.39 is 5.92 Å². The predicted molar refractivity (Wildman–Crippen MR) is 134 cm³/mol. The number of piperidine rings is 1. The Hall–Kier alpha value is -2.83. The van der Waals surface area contributed by atoms with E-state index in [1.807, 2.05) is 53.6 Å². The van der Waals surface area contributed by atoms with Gasteiger partial charge in [-0.1, -0.05) is 67.6 Å². The van der Waals surface area contributed by atoms with Crippen LogP contribution in [0.4, 0.5) is 5.13 Å². The largest absolute Gasteiger partial charge is 0.299 e. The van der Waals surface area contributed by atoms with Crippen LogP contribution in [0.15, 0.2) is 66.0 Å². The standard InChI is InChI=1S/C27H31N3O2S/c1-3-25(31)20(2)26(32)30(27-28-24(19-33-27)22-12-8-5-9-13-22)23-14-16-29(17-15-23)18-21-10-6-4-7-11-21/h4-13,19-20,23H,3,14-18H2,1-2H3. The molecule has 6 heteroatoms. The molecule has 1 aromatic heterocycles. The van der Waals surface area contributed by atoms with E-state index in [0.717, 1.165) is 43.7 Å². The number of rotatable bonds is 8. The highest BCUT2D eigenvalue weighted by atomic mass is 32.1. The smallest absolute Gasteiger partial charge is 0.239 e. The highest BCUT2D eigenvalue weighted by Gasteiger charge is 2.35. The molecule has 3 aromatic rings. The fourth-order valence-electron chi connectivity index (χ4n) is 4.38. The van der Waals surface area contributed by atoms with E-state index in [1.54, 1.807) is 6.92 Å². The first-order valence-electron chi connectivity index (χ1n) is 11.7. The summed E-state index contributed by atoms with van der Waals surface area (Å²) in [6.45, 7) is 6.29. The van der Waals surface area contributed by atoms with Crippen molar-refractivity contribution in [1.82, 2.24) is 9.88 Å². The van der Waals surface area contributed by atoms with Gasteiger partial charge in [-0.05, 0) is 25.3 Å². The first-order chi connectivity index (χ1) is 16.1. The number of hydrogen-bond donors (Lipinski definition) is 0. The number of carbonyl (C=O) groups is 2. The lowest BCUT2D eigenvalue weighted by molar-refractivity contribution is -0.132. The second-order valence-electron chi connectivity index (χ2n) is 8.62. The molecule has 1 aliphatic rings. The molecule has 0 saturated carbocycles. The topological polar surface area (TPSA) is 53.5 Å². The third-order valence-electron chi connectivity index (χ3n) is 6.38. The lowest BCUT2D eigenvalue weighted by Crippen LogP contribution is -2.50. The van der Waals surface area contributed by atoms with Crippen LogP contribution in [0.5, 0.6) is 0 Å². The van der Waals surface area contributed by atoms with Gasteiger partial charge in [0.15, 0.2) is 5.13 Å². The minimum Gasteiger partial charge on any atom is -0.299 e. The summed E-state index contributed by atoms with van der Waals surface area (Å²) in [6.07, 6.45) is 2.10. The summed E-state index contributed by atoms with van der Waals surface area (Å²) in [4.78, 5) is 35.0. The first-order valence-corrected chi connectivity index (χ1v) is 12.6. The van der Waals surface area contributed by atoms with Gasteiger partial charge in [0.05, 0.1) is 11.6 Å². The number of aromatic nitrogens is 1. The molecule has 1 fully saturated rings. The van der Waals surface area contributed by atoms with Crippen LogP contribution in [-0.4, -0.2) is 40.7 Å². The Labute approximate surface area is 200 Å². The highest BCUT2D eigenvalue weighted by Crippen LogP contribution is 2.32. The lowest BCUT2D eigenvalue weighted by Gasteiger charge is -2.38. The Morgan fingerprint density at radius 2 is 1.70 bits per heavy atom. The summed E-state index contributed by atoms with van der Waals surface area (Å²) >= 11 is 1.48. The van der Waals surface area contributed by atoms with Gasteiger partial charge in [0, 0.05) is 43.0 Å². The zero-order chi connectivity index (χ0) is 23.2. The fraction of sp³-hybridized carbons (Fsp3) is 0.370. The number of nitrogens with zero attached hydrogens (tertiary/aromatic N) is 3. The average Bonchev–Trinajstić information content (AvgIpc) is 3.35. The molecule has 33 heavy (non-hydrogen) atoms. The van der Waals surface area contributed by atoms with Crippen molar-refractivity contribution in [3.63, 3.8) is 0 Å². The molecular formula is C27H31N3O2S. The second-order valence-corrected chi connectivity index (χ2v) is 9.46. The van der Waals surface area contributed by atoms with Gasteiger partial charge in [-0.15, -0.1) is 11.3 Å². The maximum atomic E-state index is 13.5. The number of ketones is 1. The van der Waals surface area contributed by atoms with E-state index in [1.165, 1.54) is 16.9 Å². The summed E-state index contributed by atoms with van der Waals surface area (Å²) in [5.74, 6) is -0.801. The number of Topliss-reactive ketones (excluding diaryl/α,β-unsaturated/α-hetero) is 1. The SMILES string of the molecule is CCC(=O)C(C)C(=O)N(c1nc(-c2ccccc2)cs1)C1CCN(Cc2ccccc2)CC1. The Morgan fingerprint density at radius 1 is 1.06 bits per heavy atom. The molecule has 1 amide bonds. The molecule has 1 atom stereocenters. The maximum Gasteiger partial charge on any atom is 0.239 e. The molecule has 2 heterocycles. The maximum absolute atomic E-state index is 13.5. The number of carbonyl (C=O) groups excluding carboxylic acids is 2. The Kier molecular flexibility index (Phi) is 7.68. The van der Waals surface area contributed by atoms with Crippen LogP contribution in [0.3, 0.4) is 0 Å². The number of benzene rings is 2. The van der Waals surface area contributed by atoms with Gasteiger partial charge in [-0.25, -0.2) is 4.98 Å². The minimum atomic E-state index is -0.651. The van der Waals surface area contributed by atoms with Crippen molar-refractivity contribution in [2.24, 2.45) is 5.92 Å². The van der Waals surface area contributed by atoms with Crippen molar-refractivity contribution in [2.75, 3.05) is 18.0 Å². The monoisotopic (exact) mass is 461 g/mol. The van der Waals surface area contributed by atoms with Crippen molar-refractivity contribution >= 4 is 28.2 Å². The van der Waals surface area contributed by atoms with Crippen LogP contribution in [0.2, 0.25) is 0 Å². The lowest BCUT2D eigenvalue weighted by atomic mass is 9.98. The molecule has 0 radical (unpaired) electrons. The van der Waals surface area contributed by atoms with Crippen LogP contribution in [0, 0.1) is 5.92 Å². The molecule has 2 aromatic carbocycles. The van der Waals surface area contributed by atoms with Gasteiger partial charge in [-0.3, -0.25) is 19.4 Å². The molecule has 1 aliphatic heterocycles. The molecule has 0 bridgehead atoms. The number of hydrogen-bond acceptors (Lipinski definition) is 5. The Balaban J connectivity index is 1.53. The van der Waals surface area contributed by atoms with Gasteiger partial charge in [0.25, 0.3) is 0 Å². The number of thiazole rings is 1. The van der Waals surface area contributed by atoms with E-state index >= 15 is 0 Å². The predicted octanol–water partition coefficient (Wildman–Crippen LogP) is 5.42. The Bertz CT molecular complexity index is 1060. The molecule has 1 saturated heterocycles. The van der Waals surface area contributed by atoms with Crippen molar-refractivity contribution in [1.29, 1.82) is 0 Å². The first kappa shape index (κ1) is 23.3. The van der Waals surface area contributed by atoms with Crippen molar-refractivity contribution in [3.8, 4) is 11.3 Å². The van der Waals surface area contributed by atoms with Crippen LogP contribution >= 0.6 is 11.3 Å². The van der Waals surface area contributed by atoms with Crippen LogP contribution < -0.4 is 4.90 Å². The molecular weight excluding hydrogens is 430 g/mol. The third kappa shape index (κ3) is 5.57. The third-order valence-corrected chi connectivity index (χ3v) is 7.22.